The predicted octanol–water partition coefficient (Wildman–Crippen LogP) is 19.4. The van der Waals surface area contributed by atoms with Crippen molar-refractivity contribution >= 4 is 65.5 Å². The number of benzene rings is 12. The van der Waals surface area contributed by atoms with Crippen molar-refractivity contribution in [2.24, 2.45) is 0 Å². The molecule has 1 atom stereocenters. The van der Waals surface area contributed by atoms with E-state index in [9.17, 15) is 0 Å². The number of hydrogen-bond acceptors (Lipinski definition) is 0. The van der Waals surface area contributed by atoms with Gasteiger partial charge in [0.15, 0.2) is 0 Å². The lowest BCUT2D eigenvalue weighted by Gasteiger charge is -2.30. The van der Waals surface area contributed by atoms with Crippen molar-refractivity contribution in [3.63, 3.8) is 0 Å². The molecule has 14 rings (SSSR count). The molecule has 2 aliphatic carbocycles. The first-order valence-corrected chi connectivity index (χ1v) is 24.2. The number of allylic oxidation sites excluding steroid dienone is 3. The fourth-order valence-electron chi connectivity index (χ4n) is 11.6. The summed E-state index contributed by atoms with van der Waals surface area (Å²) in [5.41, 5.74) is 19.3. The van der Waals surface area contributed by atoms with E-state index in [1.165, 1.54) is 137 Å². The maximum Gasteiger partial charge on any atom is 0.00686 e. The zero-order valence-corrected chi connectivity index (χ0v) is 38.6. The molecule has 0 bridgehead atoms. The van der Waals surface area contributed by atoms with Crippen molar-refractivity contribution in [1.29, 1.82) is 0 Å². The van der Waals surface area contributed by atoms with Crippen molar-refractivity contribution in [2.45, 2.75) is 19.3 Å². The van der Waals surface area contributed by atoms with Crippen LogP contribution in [0.5, 0.6) is 0 Å². The van der Waals surface area contributed by atoms with Crippen LogP contribution in [0, 0.1) is 0 Å². The van der Waals surface area contributed by atoms with Gasteiger partial charge in [0.05, 0.1) is 0 Å². The molecule has 0 aliphatic heterocycles. The van der Waals surface area contributed by atoms with Crippen LogP contribution in [0.4, 0.5) is 0 Å². The van der Waals surface area contributed by atoms with E-state index < -0.39 is 0 Å². The minimum Gasteiger partial charge on any atom is -0.103 e. The molecule has 0 saturated carbocycles. The highest BCUT2D eigenvalue weighted by Gasteiger charge is 2.27. The monoisotopic (exact) mass is 876 g/mol. The summed E-state index contributed by atoms with van der Waals surface area (Å²) >= 11 is 0. The number of rotatable bonds is 6. The highest BCUT2D eigenvalue weighted by Crippen LogP contribution is 2.49. The lowest BCUT2D eigenvalue weighted by molar-refractivity contribution is 0.856. The van der Waals surface area contributed by atoms with E-state index in [0.717, 1.165) is 6.42 Å². The average Bonchev–Trinajstić information content (AvgIpc) is 3.42. The minimum absolute atomic E-state index is 0.411. The lowest BCUT2D eigenvalue weighted by Crippen LogP contribution is -2.10. The van der Waals surface area contributed by atoms with Crippen molar-refractivity contribution in [1.82, 2.24) is 0 Å². The normalized spacial score (nSPS) is 13.8. The Labute approximate surface area is 403 Å². The van der Waals surface area contributed by atoms with E-state index in [0.29, 0.717) is 5.92 Å². The van der Waals surface area contributed by atoms with E-state index in [4.69, 9.17) is 0 Å². The lowest BCUT2D eigenvalue weighted by atomic mass is 9.74. The second-order valence-corrected chi connectivity index (χ2v) is 18.7. The Hall–Kier alpha value is -8.58. The Balaban J connectivity index is 0.00000153. The van der Waals surface area contributed by atoms with Crippen LogP contribution in [0.2, 0.25) is 0 Å². The summed E-state index contributed by atoms with van der Waals surface area (Å²) < 4.78 is 0. The van der Waals surface area contributed by atoms with E-state index in [1.54, 1.807) is 6.08 Å². The molecule has 0 spiro atoms. The quantitative estimate of drug-likeness (QED) is 0.115. The maximum atomic E-state index is 3.36. The third-order valence-electron chi connectivity index (χ3n) is 14.7. The molecule has 0 amide bonds. The largest absolute Gasteiger partial charge is 0.103 e. The average molecular weight is 877 g/mol. The van der Waals surface area contributed by atoms with Crippen molar-refractivity contribution in [3.8, 4) is 55.6 Å². The van der Waals surface area contributed by atoms with Gasteiger partial charge in [0.25, 0.3) is 0 Å². The molecule has 0 fully saturated rings. The molecule has 2 aliphatic rings. The molecular formula is C69H48. The van der Waals surface area contributed by atoms with Gasteiger partial charge >= 0.3 is 0 Å². The highest BCUT2D eigenvalue weighted by atomic mass is 14.3. The smallest absolute Gasteiger partial charge is 0.00686 e. The number of fused-ring (bicyclic) bond motifs is 1. The molecule has 0 nitrogen and oxygen atoms in total. The molecule has 12 aromatic carbocycles. The Kier molecular flexibility index (Phi) is 9.80. The molecule has 324 valence electrons. The molecule has 69 heavy (non-hydrogen) atoms. The molecule has 12 aromatic rings. The van der Waals surface area contributed by atoms with Gasteiger partial charge in [0, 0.05) is 5.92 Å². The van der Waals surface area contributed by atoms with Gasteiger partial charge in [-0.2, -0.15) is 0 Å². The van der Waals surface area contributed by atoms with Gasteiger partial charge in [-0.25, -0.2) is 0 Å². The van der Waals surface area contributed by atoms with Crippen LogP contribution in [-0.2, 0) is 0 Å². The Morgan fingerprint density at radius 2 is 0.870 bits per heavy atom. The van der Waals surface area contributed by atoms with E-state index >= 15 is 0 Å². The second kappa shape index (κ2) is 16.6. The standard InChI is InChI=1S/C66H42.C3H6/c1-2-8-43(9-3-1)54-32-24-47-29-37-60-55(33-25-48-28-36-59(54)63(47)64(48)60)45-20-16-41(17-21-45)51-12-6-13-52(40-51)42-18-22-46(23-19-42)56-34-26-49-31-39-62-58(35-27-50-30-38-61(56)65(49)66(50)62)57-15-7-11-44-10-4-5-14-53(44)57;1-3-2/h1-23,25-40,47H,24H2;3H,1H2,2H3. The first-order valence-electron chi connectivity index (χ1n) is 24.2. The molecule has 1 unspecified atom stereocenters. The molecule has 0 saturated heterocycles. The summed E-state index contributed by atoms with van der Waals surface area (Å²) in [6, 6.07) is 81.4. The van der Waals surface area contributed by atoms with Crippen molar-refractivity contribution in [2.75, 3.05) is 0 Å². The van der Waals surface area contributed by atoms with Gasteiger partial charge in [0.2, 0.25) is 0 Å². The Morgan fingerprint density at radius 1 is 0.377 bits per heavy atom. The third-order valence-corrected chi connectivity index (χ3v) is 14.7. The first-order chi connectivity index (χ1) is 34.1. The highest BCUT2D eigenvalue weighted by molar-refractivity contribution is 6.28. The van der Waals surface area contributed by atoms with Crippen LogP contribution in [0.1, 0.15) is 41.5 Å². The maximum absolute atomic E-state index is 3.36. The fourth-order valence-corrected chi connectivity index (χ4v) is 11.6. The topological polar surface area (TPSA) is 0 Å². The Bertz CT molecular complexity index is 4030. The van der Waals surface area contributed by atoms with Gasteiger partial charge in [-0.05, 0) is 157 Å². The molecule has 0 N–H and O–H groups in total. The van der Waals surface area contributed by atoms with Crippen LogP contribution in [-0.4, -0.2) is 0 Å². The zero-order chi connectivity index (χ0) is 46.0. The first kappa shape index (κ1) is 40.7. The molecule has 0 radical (unpaired) electrons. The molecule has 0 aromatic heterocycles. The van der Waals surface area contributed by atoms with Gasteiger partial charge in [-0.1, -0.05) is 237 Å². The van der Waals surface area contributed by atoms with E-state index in [-0.39, 0.29) is 0 Å². The summed E-state index contributed by atoms with van der Waals surface area (Å²) in [5, 5.41) is 13.1. The number of hydrogen-bond donors (Lipinski definition) is 0. The summed E-state index contributed by atoms with van der Waals surface area (Å²) in [6.07, 6.45) is 10.0. The van der Waals surface area contributed by atoms with Gasteiger partial charge < -0.3 is 0 Å². The van der Waals surface area contributed by atoms with Gasteiger partial charge in [-0.15, -0.1) is 6.58 Å². The van der Waals surface area contributed by atoms with Crippen LogP contribution in [0.3, 0.4) is 0 Å². The summed E-state index contributed by atoms with van der Waals surface area (Å²) in [7, 11) is 0. The summed E-state index contributed by atoms with van der Waals surface area (Å²) in [5.74, 6) is 0.411. The fraction of sp³-hybridized carbons (Fsp3) is 0.0435. The second-order valence-electron chi connectivity index (χ2n) is 18.7. The van der Waals surface area contributed by atoms with Crippen LogP contribution in [0.25, 0.3) is 121 Å². The van der Waals surface area contributed by atoms with Gasteiger partial charge in [0.1, 0.15) is 0 Å². The SMILES string of the molecule is C1=CC2CC=C(c3ccccc3)c3ccc4ccc(-c5ccc(-c6cccc(-c7ccc(-c8ccc9ccc%10c(-c%11cccc%12ccccc%11%12)ccc%11ccc8c9c%11%10)cc7)c6)cc5)c1c4c32.C=CC. The summed E-state index contributed by atoms with van der Waals surface area (Å²) in [4.78, 5) is 0. The summed E-state index contributed by atoms with van der Waals surface area (Å²) in [6.45, 7) is 5.25. The minimum atomic E-state index is 0.411. The van der Waals surface area contributed by atoms with Crippen molar-refractivity contribution < 1.29 is 0 Å². The van der Waals surface area contributed by atoms with Crippen LogP contribution >= 0.6 is 0 Å². The van der Waals surface area contributed by atoms with E-state index in [2.05, 4.69) is 243 Å². The molecule has 0 heterocycles. The third kappa shape index (κ3) is 6.75. The van der Waals surface area contributed by atoms with Gasteiger partial charge in [-0.3, -0.25) is 0 Å². The van der Waals surface area contributed by atoms with E-state index in [1.807, 2.05) is 6.92 Å². The zero-order valence-electron chi connectivity index (χ0n) is 38.6. The van der Waals surface area contributed by atoms with Crippen LogP contribution < -0.4 is 0 Å². The predicted molar refractivity (Wildman–Crippen MR) is 298 cm³/mol. The molecular weight excluding hydrogens is 829 g/mol. The van der Waals surface area contributed by atoms with Crippen LogP contribution in [0.15, 0.2) is 243 Å². The Morgan fingerprint density at radius 3 is 1.57 bits per heavy atom. The molecule has 0 heteroatoms. The van der Waals surface area contributed by atoms with Crippen molar-refractivity contribution in [3.05, 3.63) is 265 Å².